The lowest BCUT2D eigenvalue weighted by Crippen LogP contribution is -2.29. The van der Waals surface area contributed by atoms with Crippen LogP contribution in [0.25, 0.3) is 0 Å². The minimum Gasteiger partial charge on any atom is -0.480 e. The number of carboxylic acid groups (broad SMARTS) is 1. The molecule has 0 radical (unpaired) electrons. The van der Waals surface area contributed by atoms with E-state index < -0.39 is 12.0 Å². The Morgan fingerprint density at radius 3 is 1.91 bits per heavy atom. The molecule has 0 rings (SSSR count). The number of hydrogen-bond donors (Lipinski definition) is 2. The van der Waals surface area contributed by atoms with Gasteiger partial charge in [0, 0.05) is 0 Å². The van der Waals surface area contributed by atoms with Gasteiger partial charge in [-0.2, -0.15) is 0 Å². The molecule has 0 spiro atoms. The number of nitrogens with two attached hydrogens (primary N) is 1. The van der Waals surface area contributed by atoms with E-state index in [-0.39, 0.29) is 0 Å². The zero-order valence-corrected chi connectivity index (χ0v) is 7.63. The SMILES string of the molecule is CCC.CCCC(N)C(=O)O. The molecule has 1 unspecified atom stereocenters. The van der Waals surface area contributed by atoms with Gasteiger partial charge in [-0.05, 0) is 6.42 Å². The van der Waals surface area contributed by atoms with E-state index in [4.69, 9.17) is 10.8 Å². The van der Waals surface area contributed by atoms with Gasteiger partial charge in [-0.15, -0.1) is 0 Å². The van der Waals surface area contributed by atoms with Crippen molar-refractivity contribution in [1.82, 2.24) is 0 Å². The molecule has 0 fully saturated rings. The summed E-state index contributed by atoms with van der Waals surface area (Å²) in [5.41, 5.74) is 5.13. The van der Waals surface area contributed by atoms with Crippen molar-refractivity contribution in [2.24, 2.45) is 5.73 Å². The van der Waals surface area contributed by atoms with Crippen LogP contribution >= 0.6 is 0 Å². The first-order chi connectivity index (χ1) is 5.09. The van der Waals surface area contributed by atoms with Gasteiger partial charge < -0.3 is 10.8 Å². The number of rotatable bonds is 3. The lowest BCUT2D eigenvalue weighted by Gasteiger charge is -2.00. The second kappa shape index (κ2) is 9.43. The Hall–Kier alpha value is -0.570. The molecule has 0 aromatic carbocycles. The van der Waals surface area contributed by atoms with Crippen LogP contribution in [0.1, 0.15) is 40.0 Å². The monoisotopic (exact) mass is 161 g/mol. The van der Waals surface area contributed by atoms with Crippen molar-refractivity contribution in [2.45, 2.75) is 46.1 Å². The van der Waals surface area contributed by atoms with E-state index in [0.717, 1.165) is 6.42 Å². The fourth-order valence-electron chi connectivity index (χ4n) is 0.434. The maximum atomic E-state index is 9.96. The first kappa shape index (κ1) is 13.1. The Balaban J connectivity index is 0. The maximum Gasteiger partial charge on any atom is 0.320 e. The third-order valence-corrected chi connectivity index (χ3v) is 0.917. The van der Waals surface area contributed by atoms with Crippen LogP contribution in [0, 0.1) is 0 Å². The molecule has 0 amide bonds. The minimum atomic E-state index is -0.910. The predicted molar refractivity (Wildman–Crippen MR) is 46.5 cm³/mol. The number of hydrogen-bond acceptors (Lipinski definition) is 2. The smallest absolute Gasteiger partial charge is 0.320 e. The molecular weight excluding hydrogens is 142 g/mol. The zero-order valence-electron chi connectivity index (χ0n) is 7.63. The lowest BCUT2D eigenvalue weighted by molar-refractivity contribution is -0.138. The summed E-state index contributed by atoms with van der Waals surface area (Å²) < 4.78 is 0. The van der Waals surface area contributed by atoms with E-state index in [1.54, 1.807) is 0 Å². The Morgan fingerprint density at radius 1 is 1.45 bits per heavy atom. The molecule has 0 aliphatic rings. The fraction of sp³-hybridized carbons (Fsp3) is 0.875. The Bertz CT molecular complexity index is 94.1. The molecule has 0 aliphatic heterocycles. The van der Waals surface area contributed by atoms with Gasteiger partial charge >= 0.3 is 5.97 Å². The van der Waals surface area contributed by atoms with Gasteiger partial charge in [0.25, 0.3) is 0 Å². The molecule has 0 aromatic heterocycles. The Morgan fingerprint density at radius 2 is 1.82 bits per heavy atom. The second-order valence-electron chi connectivity index (χ2n) is 2.44. The molecule has 3 N–H and O–H groups in total. The number of aliphatic carboxylic acids is 1. The van der Waals surface area contributed by atoms with E-state index in [9.17, 15) is 4.79 Å². The summed E-state index contributed by atoms with van der Waals surface area (Å²) in [6, 6.07) is -0.667. The molecular formula is C8H19NO2. The van der Waals surface area contributed by atoms with Crippen LogP contribution in [0.2, 0.25) is 0 Å². The number of carbonyl (C=O) groups is 1. The van der Waals surface area contributed by atoms with E-state index in [1.807, 2.05) is 6.92 Å². The van der Waals surface area contributed by atoms with Crippen LogP contribution < -0.4 is 5.73 Å². The van der Waals surface area contributed by atoms with E-state index in [2.05, 4.69) is 13.8 Å². The molecule has 0 saturated heterocycles. The highest BCUT2D eigenvalue weighted by Crippen LogP contribution is 1.91. The largest absolute Gasteiger partial charge is 0.480 e. The van der Waals surface area contributed by atoms with Crippen molar-refractivity contribution < 1.29 is 9.90 Å². The fourth-order valence-corrected chi connectivity index (χ4v) is 0.434. The molecule has 0 aliphatic carbocycles. The summed E-state index contributed by atoms with van der Waals surface area (Å²) >= 11 is 0. The molecule has 68 valence electrons. The predicted octanol–water partition coefficient (Wildman–Crippen LogP) is 1.61. The van der Waals surface area contributed by atoms with Crippen LogP contribution in [0.3, 0.4) is 0 Å². The first-order valence-corrected chi connectivity index (χ1v) is 4.08. The second-order valence-corrected chi connectivity index (χ2v) is 2.44. The van der Waals surface area contributed by atoms with Gasteiger partial charge in [0.1, 0.15) is 6.04 Å². The van der Waals surface area contributed by atoms with Crippen LogP contribution in [0.15, 0.2) is 0 Å². The summed E-state index contributed by atoms with van der Waals surface area (Å²) in [5, 5.41) is 8.19. The third kappa shape index (κ3) is 12.6. The molecule has 11 heavy (non-hydrogen) atoms. The summed E-state index contributed by atoms with van der Waals surface area (Å²) in [6.07, 6.45) is 2.64. The summed E-state index contributed by atoms with van der Waals surface area (Å²) in [6.45, 7) is 6.16. The molecule has 0 heterocycles. The molecule has 0 aromatic rings. The standard InChI is InChI=1S/C5H11NO2.C3H8/c1-2-3-4(6)5(7)8;1-3-2/h4H,2-3,6H2,1H3,(H,7,8);3H2,1-2H3. The van der Waals surface area contributed by atoms with E-state index in [0.29, 0.717) is 6.42 Å². The third-order valence-electron chi connectivity index (χ3n) is 0.917. The van der Waals surface area contributed by atoms with Gasteiger partial charge in [-0.3, -0.25) is 4.79 Å². The van der Waals surface area contributed by atoms with Crippen molar-refractivity contribution in [1.29, 1.82) is 0 Å². The van der Waals surface area contributed by atoms with Gasteiger partial charge in [-0.25, -0.2) is 0 Å². The molecule has 0 bridgehead atoms. The number of carboxylic acids is 1. The zero-order chi connectivity index (χ0) is 9.28. The van der Waals surface area contributed by atoms with Gasteiger partial charge in [0.2, 0.25) is 0 Å². The first-order valence-electron chi connectivity index (χ1n) is 4.08. The molecule has 3 heteroatoms. The highest BCUT2D eigenvalue weighted by atomic mass is 16.4. The Kier molecular flexibility index (Phi) is 11.2. The van der Waals surface area contributed by atoms with Crippen molar-refractivity contribution in [2.75, 3.05) is 0 Å². The van der Waals surface area contributed by atoms with Crippen LogP contribution in [0.4, 0.5) is 0 Å². The van der Waals surface area contributed by atoms with E-state index in [1.165, 1.54) is 6.42 Å². The van der Waals surface area contributed by atoms with Crippen LogP contribution in [0.5, 0.6) is 0 Å². The molecule has 1 atom stereocenters. The Labute approximate surface area is 68.6 Å². The topological polar surface area (TPSA) is 63.3 Å². The maximum absolute atomic E-state index is 9.96. The average Bonchev–Trinajstić information content (AvgIpc) is 1.90. The van der Waals surface area contributed by atoms with Crippen LogP contribution in [-0.2, 0) is 4.79 Å². The lowest BCUT2D eigenvalue weighted by atomic mass is 10.2. The molecule has 3 nitrogen and oxygen atoms in total. The van der Waals surface area contributed by atoms with E-state index >= 15 is 0 Å². The van der Waals surface area contributed by atoms with Crippen LogP contribution in [-0.4, -0.2) is 17.1 Å². The van der Waals surface area contributed by atoms with Gasteiger partial charge in [0.05, 0.1) is 0 Å². The summed E-state index contributed by atoms with van der Waals surface area (Å²) in [4.78, 5) is 9.96. The highest BCUT2D eigenvalue weighted by Gasteiger charge is 2.07. The van der Waals surface area contributed by atoms with Gasteiger partial charge in [-0.1, -0.05) is 33.6 Å². The van der Waals surface area contributed by atoms with Crippen molar-refractivity contribution in [3.8, 4) is 0 Å². The summed E-state index contributed by atoms with van der Waals surface area (Å²) in [7, 11) is 0. The summed E-state index contributed by atoms with van der Waals surface area (Å²) in [5.74, 6) is -0.910. The van der Waals surface area contributed by atoms with Gasteiger partial charge in [0.15, 0.2) is 0 Å². The van der Waals surface area contributed by atoms with Crippen molar-refractivity contribution in [3.63, 3.8) is 0 Å². The minimum absolute atomic E-state index is 0.565. The molecule has 0 saturated carbocycles. The average molecular weight is 161 g/mol. The quantitative estimate of drug-likeness (QED) is 0.661. The highest BCUT2D eigenvalue weighted by molar-refractivity contribution is 5.72. The van der Waals surface area contributed by atoms with Crippen molar-refractivity contribution >= 4 is 5.97 Å². The normalized spacial score (nSPS) is 11.3. The van der Waals surface area contributed by atoms with Crippen molar-refractivity contribution in [3.05, 3.63) is 0 Å².